The smallest absolute Gasteiger partial charge is 0.380 e. The summed E-state index contributed by atoms with van der Waals surface area (Å²) < 4.78 is 31.1. The summed E-state index contributed by atoms with van der Waals surface area (Å²) in [6, 6.07) is 10.7. The average Bonchev–Trinajstić information content (AvgIpc) is 2.66. The predicted molar refractivity (Wildman–Crippen MR) is 117 cm³/mol. The third kappa shape index (κ3) is 16.8. The second-order valence-electron chi connectivity index (χ2n) is 7.07. The number of benzene rings is 1. The molecule has 0 aliphatic rings. The van der Waals surface area contributed by atoms with Crippen LogP contribution in [0.15, 0.2) is 48.8 Å². The number of nitrogens with zero attached hydrogens (tertiary/aromatic N) is 2. The fraction of sp³-hybridized carbons (Fsp3) is 0.381. The predicted octanol–water partition coefficient (Wildman–Crippen LogP) is 3.82. The van der Waals surface area contributed by atoms with E-state index in [-0.39, 0.29) is 19.3 Å². The Kier molecular flexibility index (Phi) is 12.3. The lowest BCUT2D eigenvalue weighted by atomic mass is 9.95. The van der Waals surface area contributed by atoms with Gasteiger partial charge in [0.15, 0.2) is 7.05 Å². The first-order chi connectivity index (χ1) is 15.1. The van der Waals surface area contributed by atoms with Crippen molar-refractivity contribution in [2.24, 2.45) is 0 Å². The van der Waals surface area contributed by atoms with Crippen LogP contribution in [0.3, 0.4) is 0 Å². The molecule has 0 fully saturated rings. The van der Waals surface area contributed by atoms with Crippen molar-refractivity contribution in [1.29, 1.82) is 0 Å². The maximum atomic E-state index is 12.2. The van der Waals surface area contributed by atoms with E-state index >= 15 is 0 Å². The van der Waals surface area contributed by atoms with Crippen molar-refractivity contribution >= 4 is 23.2 Å². The highest BCUT2D eigenvalue weighted by molar-refractivity contribution is 5.96. The van der Waals surface area contributed by atoms with E-state index in [4.69, 9.17) is 10.1 Å². The van der Waals surface area contributed by atoms with Crippen molar-refractivity contribution in [1.82, 2.24) is 4.98 Å². The highest BCUT2D eigenvalue weighted by Gasteiger charge is 2.29. The zero-order chi connectivity index (χ0) is 25.7. The fourth-order valence-corrected chi connectivity index (χ4v) is 2.16. The largest absolute Gasteiger partial charge is 0.386 e. The topological polar surface area (TPSA) is 134 Å². The standard InChI is InChI=1S/C18H21N3O3.C2H3F3.CH3NO2/c1-13(22)20-15-7-5-14(6-8-15)9-10-18(2,24)17(23)21-16-4-3-11-19-12-16;1-2(3,4)5;1-2(3)4/h3-8,11-12,24H,9-10H2,1-2H3,(H,20,22)(H,21,23);1H3;1H3/t18-;;/m0../s1. The summed E-state index contributed by atoms with van der Waals surface area (Å²) in [5, 5.41) is 24.5. The highest BCUT2D eigenvalue weighted by atomic mass is 19.4. The number of halogens is 3. The van der Waals surface area contributed by atoms with Gasteiger partial charge in [0.1, 0.15) is 5.60 Å². The zero-order valence-corrected chi connectivity index (χ0v) is 18.6. The van der Waals surface area contributed by atoms with Crippen LogP contribution in [0, 0.1) is 10.1 Å². The Morgan fingerprint density at radius 3 is 2.03 bits per heavy atom. The number of hydrogen-bond acceptors (Lipinski definition) is 6. The Morgan fingerprint density at radius 1 is 1.09 bits per heavy atom. The molecular formula is C21H27F3N4O5. The molecule has 0 saturated heterocycles. The van der Waals surface area contributed by atoms with E-state index in [1.54, 1.807) is 30.5 Å². The molecule has 1 atom stereocenters. The van der Waals surface area contributed by atoms with Crippen LogP contribution in [0.1, 0.15) is 32.8 Å². The van der Waals surface area contributed by atoms with Crippen molar-refractivity contribution in [2.75, 3.05) is 17.7 Å². The van der Waals surface area contributed by atoms with Crippen LogP contribution < -0.4 is 10.6 Å². The van der Waals surface area contributed by atoms with Crippen LogP contribution in [0.5, 0.6) is 0 Å². The maximum Gasteiger partial charge on any atom is 0.386 e. The molecule has 12 heteroatoms. The molecule has 0 aliphatic carbocycles. The van der Waals surface area contributed by atoms with Crippen LogP contribution >= 0.6 is 0 Å². The summed E-state index contributed by atoms with van der Waals surface area (Å²) in [5.74, 6) is -0.594. The van der Waals surface area contributed by atoms with E-state index in [1.807, 2.05) is 12.1 Å². The average molecular weight is 472 g/mol. The molecule has 3 N–H and O–H groups in total. The molecule has 9 nitrogen and oxygen atoms in total. The molecule has 0 radical (unpaired) electrons. The number of aryl methyl sites for hydroxylation is 1. The van der Waals surface area contributed by atoms with Gasteiger partial charge in [-0.2, -0.15) is 13.2 Å². The Balaban J connectivity index is 0.000000968. The number of aromatic nitrogens is 1. The molecule has 2 amide bonds. The molecule has 182 valence electrons. The number of hydrogen-bond donors (Lipinski definition) is 3. The number of rotatable bonds is 6. The van der Waals surface area contributed by atoms with Gasteiger partial charge >= 0.3 is 6.18 Å². The maximum absolute atomic E-state index is 12.2. The number of alkyl halides is 3. The normalized spacial score (nSPS) is 12.0. The number of anilines is 2. The molecule has 0 spiro atoms. The van der Waals surface area contributed by atoms with Gasteiger partial charge in [0.25, 0.3) is 5.91 Å². The molecule has 1 aromatic carbocycles. The number of aliphatic hydroxyl groups is 1. The van der Waals surface area contributed by atoms with Gasteiger partial charge in [-0.05, 0) is 49.6 Å². The van der Waals surface area contributed by atoms with Crippen molar-refractivity contribution < 1.29 is 32.8 Å². The van der Waals surface area contributed by atoms with Crippen molar-refractivity contribution in [2.45, 2.75) is 45.4 Å². The lowest BCUT2D eigenvalue weighted by Gasteiger charge is -2.22. The van der Waals surface area contributed by atoms with E-state index in [0.717, 1.165) is 12.6 Å². The summed E-state index contributed by atoms with van der Waals surface area (Å²) in [4.78, 5) is 35.4. The number of nitro groups is 1. The van der Waals surface area contributed by atoms with E-state index in [9.17, 15) is 27.9 Å². The van der Waals surface area contributed by atoms with Crippen LogP contribution in [-0.4, -0.2) is 45.7 Å². The molecule has 0 bridgehead atoms. The molecule has 1 aromatic heterocycles. The Morgan fingerprint density at radius 2 is 1.61 bits per heavy atom. The first-order valence-corrected chi connectivity index (χ1v) is 9.55. The van der Waals surface area contributed by atoms with Crippen molar-refractivity contribution in [3.05, 3.63) is 64.5 Å². The molecule has 33 heavy (non-hydrogen) atoms. The molecule has 0 aliphatic heterocycles. The van der Waals surface area contributed by atoms with Crippen molar-refractivity contribution in [3.63, 3.8) is 0 Å². The van der Waals surface area contributed by atoms with Gasteiger partial charge in [-0.1, -0.05) is 12.1 Å². The fourth-order valence-electron chi connectivity index (χ4n) is 2.16. The zero-order valence-electron chi connectivity index (χ0n) is 18.6. The molecule has 2 aromatic rings. The third-order valence-corrected chi connectivity index (χ3v) is 3.58. The van der Waals surface area contributed by atoms with E-state index in [2.05, 4.69) is 15.6 Å². The second-order valence-corrected chi connectivity index (χ2v) is 7.07. The minimum Gasteiger partial charge on any atom is -0.380 e. The van der Waals surface area contributed by atoms with E-state index in [1.165, 1.54) is 20.0 Å². The van der Waals surface area contributed by atoms with Gasteiger partial charge < -0.3 is 15.7 Å². The second kappa shape index (κ2) is 13.8. The summed E-state index contributed by atoms with van der Waals surface area (Å²) in [6.45, 7) is 3.13. The van der Waals surface area contributed by atoms with Crippen LogP contribution in [0.4, 0.5) is 24.5 Å². The molecule has 1 heterocycles. The van der Waals surface area contributed by atoms with Gasteiger partial charge in [0.2, 0.25) is 5.91 Å². The summed E-state index contributed by atoms with van der Waals surface area (Å²) in [7, 11) is 0.889. The molecule has 2 rings (SSSR count). The van der Waals surface area contributed by atoms with Crippen LogP contribution in [0.25, 0.3) is 0 Å². The van der Waals surface area contributed by atoms with Gasteiger partial charge in [0.05, 0.1) is 11.9 Å². The molecule has 0 saturated carbocycles. The summed E-state index contributed by atoms with van der Waals surface area (Å²) in [6.07, 6.45) is -0.0560. The number of carbonyl (C=O) groups excluding carboxylic acids is 2. The minimum atomic E-state index is -4.00. The van der Waals surface area contributed by atoms with Crippen LogP contribution in [-0.2, 0) is 16.0 Å². The molecule has 0 unspecified atom stereocenters. The van der Waals surface area contributed by atoms with E-state index < -0.39 is 22.6 Å². The highest BCUT2D eigenvalue weighted by Crippen LogP contribution is 2.18. The minimum absolute atomic E-state index is 0.127. The SMILES string of the molecule is CC(=O)Nc1ccc(CC[C@](C)(O)C(=O)Nc2cccnc2)cc1.CC(F)(F)F.C[N+](=O)[O-]. The number of amides is 2. The lowest BCUT2D eigenvalue weighted by molar-refractivity contribution is -0.445. The monoisotopic (exact) mass is 472 g/mol. The Hall–Kier alpha value is -3.54. The quantitative estimate of drug-likeness (QED) is 0.432. The third-order valence-electron chi connectivity index (χ3n) is 3.58. The Labute approximate surface area is 189 Å². The van der Waals surface area contributed by atoms with Gasteiger partial charge in [0, 0.05) is 30.7 Å². The number of carbonyl (C=O) groups is 2. The summed E-state index contributed by atoms with van der Waals surface area (Å²) >= 11 is 0. The van der Waals surface area contributed by atoms with Gasteiger partial charge in [-0.15, -0.1) is 0 Å². The number of nitrogens with one attached hydrogen (secondary N) is 2. The Bertz CT molecular complexity index is 879. The number of pyridine rings is 1. The van der Waals surface area contributed by atoms with Crippen molar-refractivity contribution in [3.8, 4) is 0 Å². The van der Waals surface area contributed by atoms with Gasteiger partial charge in [-0.3, -0.25) is 24.7 Å². The lowest BCUT2D eigenvalue weighted by Crippen LogP contribution is -2.40. The molecular weight excluding hydrogens is 445 g/mol. The first kappa shape index (κ1) is 29.5. The van der Waals surface area contributed by atoms with Crippen LogP contribution in [0.2, 0.25) is 0 Å². The first-order valence-electron chi connectivity index (χ1n) is 9.55. The van der Waals surface area contributed by atoms with E-state index in [0.29, 0.717) is 17.8 Å². The van der Waals surface area contributed by atoms with Gasteiger partial charge in [-0.25, -0.2) is 0 Å². The summed E-state index contributed by atoms with van der Waals surface area (Å²) in [5.41, 5.74) is 0.736.